The molecule has 1 atom stereocenters. The molecule has 1 aromatic heterocycles. The summed E-state index contributed by atoms with van der Waals surface area (Å²) in [5.74, 6) is 0. The molecule has 0 spiro atoms. The van der Waals surface area contributed by atoms with E-state index in [1.165, 1.54) is 11.1 Å². The van der Waals surface area contributed by atoms with Crippen LogP contribution in [0.5, 0.6) is 0 Å². The lowest BCUT2D eigenvalue weighted by Crippen LogP contribution is -2.36. The molecular weight excluding hydrogens is 254 g/mol. The Balaban J connectivity index is 2.82. The number of carbonyl (C=O) groups is 1. The maximum absolute atomic E-state index is 11.9. The Morgan fingerprint density at radius 3 is 2.44 bits per heavy atom. The Bertz CT molecular complexity index is 432. The van der Waals surface area contributed by atoms with Crippen molar-refractivity contribution in [2.75, 3.05) is 7.05 Å². The number of ether oxygens (including phenoxy) is 1. The first-order chi connectivity index (χ1) is 8.22. The molecule has 0 fully saturated rings. The molecular formula is C12H18ClN3O2. The second-order valence-corrected chi connectivity index (χ2v) is 5.36. The van der Waals surface area contributed by atoms with Crippen molar-refractivity contribution >= 4 is 17.7 Å². The maximum Gasteiger partial charge on any atom is 0.410 e. The average molecular weight is 272 g/mol. The number of amides is 1. The summed E-state index contributed by atoms with van der Waals surface area (Å²) in [6.07, 6.45) is 2.63. The van der Waals surface area contributed by atoms with E-state index in [0.29, 0.717) is 10.8 Å². The lowest BCUT2D eigenvalue weighted by molar-refractivity contribution is 0.0230. The van der Waals surface area contributed by atoms with Crippen molar-refractivity contribution in [1.82, 2.24) is 14.9 Å². The molecule has 0 bridgehead atoms. The minimum absolute atomic E-state index is 0.292. The first-order valence-electron chi connectivity index (χ1n) is 5.64. The second-order valence-electron chi connectivity index (χ2n) is 5.00. The Kier molecular flexibility index (Phi) is 4.51. The number of hydrogen-bond acceptors (Lipinski definition) is 4. The lowest BCUT2D eigenvalue weighted by Gasteiger charge is -2.28. The van der Waals surface area contributed by atoms with Crippen molar-refractivity contribution in [3.05, 3.63) is 23.2 Å². The van der Waals surface area contributed by atoms with Crippen molar-refractivity contribution in [3.63, 3.8) is 0 Å². The first-order valence-corrected chi connectivity index (χ1v) is 6.02. The quantitative estimate of drug-likeness (QED) is 0.829. The van der Waals surface area contributed by atoms with Crippen LogP contribution >= 0.6 is 11.6 Å². The molecule has 100 valence electrons. The fraction of sp³-hybridized carbons (Fsp3) is 0.583. The number of carbonyl (C=O) groups excluding carboxylic acids is 1. The van der Waals surface area contributed by atoms with Gasteiger partial charge in [0.05, 0.1) is 6.04 Å². The van der Waals surface area contributed by atoms with E-state index in [-0.39, 0.29) is 6.04 Å². The van der Waals surface area contributed by atoms with E-state index in [0.717, 1.165) is 0 Å². The van der Waals surface area contributed by atoms with Crippen LogP contribution in [0.15, 0.2) is 12.4 Å². The summed E-state index contributed by atoms with van der Waals surface area (Å²) in [5, 5.41) is 0.292. The summed E-state index contributed by atoms with van der Waals surface area (Å²) in [7, 11) is 1.64. The van der Waals surface area contributed by atoms with Crippen molar-refractivity contribution < 1.29 is 9.53 Å². The standard InChI is InChI=1S/C12H18ClN3O2/c1-8(9-10(13)15-7-6-14-9)16(5)11(17)18-12(2,3)4/h6-8H,1-5H3. The van der Waals surface area contributed by atoms with Gasteiger partial charge in [-0.25, -0.2) is 9.78 Å². The van der Waals surface area contributed by atoms with Crippen LogP contribution in [0.1, 0.15) is 39.4 Å². The van der Waals surface area contributed by atoms with E-state index in [1.54, 1.807) is 13.2 Å². The van der Waals surface area contributed by atoms with Gasteiger partial charge in [-0.1, -0.05) is 11.6 Å². The lowest BCUT2D eigenvalue weighted by atomic mass is 10.2. The highest BCUT2D eigenvalue weighted by Crippen LogP contribution is 2.23. The fourth-order valence-corrected chi connectivity index (χ4v) is 1.55. The zero-order valence-electron chi connectivity index (χ0n) is 11.3. The molecule has 0 aliphatic carbocycles. The minimum Gasteiger partial charge on any atom is -0.444 e. The third-order valence-corrected chi connectivity index (χ3v) is 2.63. The molecule has 0 N–H and O–H groups in total. The average Bonchev–Trinajstić information content (AvgIpc) is 2.25. The highest BCUT2D eigenvalue weighted by Gasteiger charge is 2.25. The predicted octanol–water partition coefficient (Wildman–Crippen LogP) is 3.06. The SMILES string of the molecule is CC(c1nccnc1Cl)N(C)C(=O)OC(C)(C)C. The van der Waals surface area contributed by atoms with Crippen LogP contribution in [0.2, 0.25) is 5.15 Å². The summed E-state index contributed by atoms with van der Waals surface area (Å²) < 4.78 is 5.28. The molecule has 1 aromatic rings. The van der Waals surface area contributed by atoms with Crippen molar-refractivity contribution in [3.8, 4) is 0 Å². The van der Waals surface area contributed by atoms with Crippen molar-refractivity contribution in [1.29, 1.82) is 0 Å². The molecule has 1 heterocycles. The van der Waals surface area contributed by atoms with Crippen LogP contribution in [0.3, 0.4) is 0 Å². The molecule has 18 heavy (non-hydrogen) atoms. The zero-order valence-corrected chi connectivity index (χ0v) is 12.0. The molecule has 1 rings (SSSR count). The number of hydrogen-bond donors (Lipinski definition) is 0. The van der Waals surface area contributed by atoms with Gasteiger partial charge in [0, 0.05) is 19.4 Å². The molecule has 1 unspecified atom stereocenters. The highest BCUT2D eigenvalue weighted by molar-refractivity contribution is 6.30. The summed E-state index contributed by atoms with van der Waals surface area (Å²) in [4.78, 5) is 21.4. The van der Waals surface area contributed by atoms with Gasteiger partial charge in [-0.05, 0) is 27.7 Å². The number of halogens is 1. The second kappa shape index (κ2) is 5.52. The van der Waals surface area contributed by atoms with E-state index in [9.17, 15) is 4.79 Å². The molecule has 0 saturated carbocycles. The van der Waals surface area contributed by atoms with E-state index in [1.807, 2.05) is 27.7 Å². The molecule has 1 amide bonds. The van der Waals surface area contributed by atoms with Crippen LogP contribution in [0.4, 0.5) is 4.79 Å². The van der Waals surface area contributed by atoms with E-state index >= 15 is 0 Å². The van der Waals surface area contributed by atoms with Gasteiger partial charge in [-0.2, -0.15) is 0 Å². The van der Waals surface area contributed by atoms with Crippen LogP contribution in [0, 0.1) is 0 Å². The predicted molar refractivity (Wildman–Crippen MR) is 69.5 cm³/mol. The van der Waals surface area contributed by atoms with Gasteiger partial charge in [-0.15, -0.1) is 0 Å². The number of rotatable bonds is 2. The third-order valence-electron chi connectivity index (χ3n) is 2.34. The fourth-order valence-electron chi connectivity index (χ4n) is 1.29. The molecule has 0 aromatic carbocycles. The van der Waals surface area contributed by atoms with Gasteiger partial charge in [-0.3, -0.25) is 4.98 Å². The Morgan fingerprint density at radius 2 is 1.94 bits per heavy atom. The van der Waals surface area contributed by atoms with Crippen LogP contribution < -0.4 is 0 Å². The van der Waals surface area contributed by atoms with Gasteiger partial charge in [0.1, 0.15) is 11.3 Å². The molecule has 0 aliphatic rings. The molecule has 5 nitrogen and oxygen atoms in total. The Hall–Kier alpha value is -1.36. The molecule has 0 saturated heterocycles. The maximum atomic E-state index is 11.9. The Morgan fingerprint density at radius 1 is 1.39 bits per heavy atom. The molecule has 0 radical (unpaired) electrons. The smallest absolute Gasteiger partial charge is 0.410 e. The van der Waals surface area contributed by atoms with Crippen LogP contribution in [0.25, 0.3) is 0 Å². The van der Waals surface area contributed by atoms with Crippen LogP contribution in [-0.4, -0.2) is 33.6 Å². The highest BCUT2D eigenvalue weighted by atomic mass is 35.5. The van der Waals surface area contributed by atoms with E-state index in [2.05, 4.69) is 9.97 Å². The van der Waals surface area contributed by atoms with Crippen molar-refractivity contribution in [2.45, 2.75) is 39.3 Å². The third kappa shape index (κ3) is 3.84. The zero-order chi connectivity index (χ0) is 13.9. The van der Waals surface area contributed by atoms with Gasteiger partial charge >= 0.3 is 6.09 Å². The van der Waals surface area contributed by atoms with Gasteiger partial charge in [0.2, 0.25) is 0 Å². The van der Waals surface area contributed by atoms with Crippen molar-refractivity contribution in [2.24, 2.45) is 0 Å². The van der Waals surface area contributed by atoms with E-state index in [4.69, 9.17) is 16.3 Å². The molecule has 0 aliphatic heterocycles. The van der Waals surface area contributed by atoms with Crippen LogP contribution in [-0.2, 0) is 4.74 Å². The summed E-state index contributed by atoms with van der Waals surface area (Å²) in [6.45, 7) is 7.27. The first kappa shape index (κ1) is 14.7. The molecule has 6 heteroatoms. The monoisotopic (exact) mass is 271 g/mol. The normalized spacial score (nSPS) is 13.0. The largest absolute Gasteiger partial charge is 0.444 e. The summed E-state index contributed by atoms with van der Waals surface area (Å²) >= 11 is 5.95. The van der Waals surface area contributed by atoms with Gasteiger partial charge in [0.15, 0.2) is 5.15 Å². The minimum atomic E-state index is -0.531. The van der Waals surface area contributed by atoms with Gasteiger partial charge in [0.25, 0.3) is 0 Å². The van der Waals surface area contributed by atoms with Gasteiger partial charge < -0.3 is 9.64 Å². The summed E-state index contributed by atoms with van der Waals surface area (Å²) in [5.41, 5.74) is 0.0181. The Labute approximate surface area is 112 Å². The van der Waals surface area contributed by atoms with E-state index < -0.39 is 11.7 Å². The topological polar surface area (TPSA) is 55.3 Å². The summed E-state index contributed by atoms with van der Waals surface area (Å²) in [6, 6.07) is -0.305. The number of nitrogens with zero attached hydrogens (tertiary/aromatic N) is 3. The number of aromatic nitrogens is 2.